The Bertz CT molecular complexity index is 1240. The van der Waals surface area contributed by atoms with Gasteiger partial charge in [0.05, 0.1) is 22.6 Å². The van der Waals surface area contributed by atoms with Crippen LogP contribution < -0.4 is 14.8 Å². The number of anilines is 2. The third-order valence-electron chi connectivity index (χ3n) is 4.52. The highest BCUT2D eigenvalue weighted by molar-refractivity contribution is 7.92. The first-order valence-electron chi connectivity index (χ1n) is 9.04. The first-order chi connectivity index (χ1) is 14.7. The number of nitrogens with one attached hydrogen (secondary N) is 2. The zero-order valence-corrected chi connectivity index (χ0v) is 17.5. The van der Waals surface area contributed by atoms with Crippen molar-refractivity contribution >= 4 is 33.0 Å². The Hall–Kier alpha value is -3.92. The van der Waals surface area contributed by atoms with Crippen LogP contribution in [0.1, 0.15) is 15.9 Å². The Morgan fingerprint density at radius 2 is 1.68 bits per heavy atom. The van der Waals surface area contributed by atoms with E-state index in [1.165, 1.54) is 56.5 Å². The fraction of sp³-hybridized carbons (Fsp3) is 0.0952. The number of hydrogen-bond donors (Lipinski definition) is 2. The monoisotopic (exact) mass is 441 g/mol. The standard InChI is InChI=1S/C21H19N3O6S/c1-14-17(6-5-8-19(14)24(26)27)21(25)22-15-10-12-16(13-11-15)31(28,29)23-18-7-3-4-9-20(18)30-2/h3-13,23H,1-2H3,(H,22,25). The fourth-order valence-electron chi connectivity index (χ4n) is 2.92. The summed E-state index contributed by atoms with van der Waals surface area (Å²) >= 11 is 0. The minimum absolute atomic E-state index is 0.0112. The van der Waals surface area contributed by atoms with Gasteiger partial charge in [-0.2, -0.15) is 0 Å². The third-order valence-corrected chi connectivity index (χ3v) is 5.90. The average molecular weight is 441 g/mol. The van der Waals surface area contributed by atoms with E-state index >= 15 is 0 Å². The van der Waals surface area contributed by atoms with Gasteiger partial charge in [0.1, 0.15) is 5.75 Å². The van der Waals surface area contributed by atoms with Crippen LogP contribution in [0.4, 0.5) is 17.1 Å². The van der Waals surface area contributed by atoms with Crippen molar-refractivity contribution in [1.29, 1.82) is 0 Å². The van der Waals surface area contributed by atoms with E-state index in [1.807, 2.05) is 0 Å². The molecule has 0 aliphatic rings. The minimum Gasteiger partial charge on any atom is -0.495 e. The van der Waals surface area contributed by atoms with Gasteiger partial charge in [0.2, 0.25) is 0 Å². The van der Waals surface area contributed by atoms with Crippen LogP contribution in [0.25, 0.3) is 0 Å². The van der Waals surface area contributed by atoms with Crippen LogP contribution in [-0.4, -0.2) is 26.4 Å². The van der Waals surface area contributed by atoms with Gasteiger partial charge < -0.3 is 10.1 Å². The van der Waals surface area contributed by atoms with E-state index in [2.05, 4.69) is 10.0 Å². The summed E-state index contributed by atoms with van der Waals surface area (Å²) < 4.78 is 32.9. The largest absolute Gasteiger partial charge is 0.495 e. The van der Waals surface area contributed by atoms with E-state index in [4.69, 9.17) is 4.74 Å². The van der Waals surface area contributed by atoms with Crippen LogP contribution in [0, 0.1) is 17.0 Å². The molecule has 3 aromatic carbocycles. The fourth-order valence-corrected chi connectivity index (χ4v) is 3.99. The van der Waals surface area contributed by atoms with Gasteiger partial charge in [0, 0.05) is 22.9 Å². The molecule has 1 amide bonds. The van der Waals surface area contributed by atoms with E-state index in [0.717, 1.165) is 0 Å². The van der Waals surface area contributed by atoms with Gasteiger partial charge in [-0.15, -0.1) is 0 Å². The molecular formula is C21H19N3O6S. The van der Waals surface area contributed by atoms with Crippen molar-refractivity contribution in [2.45, 2.75) is 11.8 Å². The van der Waals surface area contributed by atoms with Gasteiger partial charge >= 0.3 is 0 Å². The first-order valence-corrected chi connectivity index (χ1v) is 10.5. The SMILES string of the molecule is COc1ccccc1NS(=O)(=O)c1ccc(NC(=O)c2cccc([N+](=O)[O-])c2C)cc1. The lowest BCUT2D eigenvalue weighted by Gasteiger charge is -2.12. The lowest BCUT2D eigenvalue weighted by atomic mass is 10.1. The van der Waals surface area contributed by atoms with E-state index < -0.39 is 20.9 Å². The highest BCUT2D eigenvalue weighted by Crippen LogP contribution is 2.27. The summed E-state index contributed by atoms with van der Waals surface area (Å²) in [6.07, 6.45) is 0. The molecule has 9 nitrogen and oxygen atoms in total. The molecule has 2 N–H and O–H groups in total. The molecular weight excluding hydrogens is 422 g/mol. The van der Waals surface area contributed by atoms with Crippen molar-refractivity contribution in [2.75, 3.05) is 17.1 Å². The molecule has 10 heteroatoms. The number of nitrogens with zero attached hydrogens (tertiary/aromatic N) is 1. The number of methoxy groups -OCH3 is 1. The molecule has 31 heavy (non-hydrogen) atoms. The van der Waals surface area contributed by atoms with Crippen molar-refractivity contribution in [3.8, 4) is 5.75 Å². The van der Waals surface area contributed by atoms with Crippen LogP contribution in [0.3, 0.4) is 0 Å². The lowest BCUT2D eigenvalue weighted by molar-refractivity contribution is -0.385. The highest BCUT2D eigenvalue weighted by atomic mass is 32.2. The maximum Gasteiger partial charge on any atom is 0.273 e. The summed E-state index contributed by atoms with van der Waals surface area (Å²) in [7, 11) is -2.44. The lowest BCUT2D eigenvalue weighted by Crippen LogP contribution is -2.15. The van der Waals surface area contributed by atoms with Crippen molar-refractivity contribution in [3.63, 3.8) is 0 Å². The van der Waals surface area contributed by atoms with Crippen LogP contribution in [-0.2, 0) is 10.0 Å². The summed E-state index contributed by atoms with van der Waals surface area (Å²) in [6.45, 7) is 1.49. The Kier molecular flexibility index (Phi) is 6.21. The number of rotatable bonds is 7. The number of carbonyl (C=O) groups is 1. The van der Waals surface area contributed by atoms with E-state index in [-0.39, 0.29) is 21.7 Å². The zero-order chi connectivity index (χ0) is 22.6. The maximum atomic E-state index is 12.7. The number of amides is 1. The van der Waals surface area contributed by atoms with Gasteiger partial charge in [-0.25, -0.2) is 8.42 Å². The van der Waals surface area contributed by atoms with Gasteiger partial charge in [-0.3, -0.25) is 19.6 Å². The highest BCUT2D eigenvalue weighted by Gasteiger charge is 2.19. The van der Waals surface area contributed by atoms with Gasteiger partial charge in [0.25, 0.3) is 21.6 Å². The predicted molar refractivity (Wildman–Crippen MR) is 116 cm³/mol. The summed E-state index contributed by atoms with van der Waals surface area (Å²) in [4.78, 5) is 23.0. The molecule has 0 aliphatic carbocycles. The first kappa shape index (κ1) is 21.8. The molecule has 0 fully saturated rings. The number of hydrogen-bond acceptors (Lipinski definition) is 6. The molecule has 0 heterocycles. The van der Waals surface area contributed by atoms with Crippen molar-refractivity contribution in [3.05, 3.63) is 88.0 Å². The summed E-state index contributed by atoms with van der Waals surface area (Å²) in [5, 5.41) is 13.7. The molecule has 0 aliphatic heterocycles. The van der Waals surface area contributed by atoms with Crippen molar-refractivity contribution in [1.82, 2.24) is 0 Å². The van der Waals surface area contributed by atoms with Gasteiger partial charge in [0.15, 0.2) is 0 Å². The maximum absolute atomic E-state index is 12.7. The quantitative estimate of drug-likeness (QED) is 0.422. The van der Waals surface area contributed by atoms with Gasteiger partial charge in [-0.1, -0.05) is 18.2 Å². The molecule has 0 aromatic heterocycles. The Morgan fingerprint density at radius 1 is 1.00 bits per heavy atom. The number of ether oxygens (including phenoxy) is 1. The average Bonchev–Trinajstić information content (AvgIpc) is 2.74. The summed E-state index contributed by atoms with van der Waals surface area (Å²) in [6, 6.07) is 16.4. The zero-order valence-electron chi connectivity index (χ0n) is 16.7. The van der Waals surface area contributed by atoms with E-state index in [1.54, 1.807) is 24.3 Å². The minimum atomic E-state index is -3.88. The van der Waals surface area contributed by atoms with Crippen LogP contribution >= 0.6 is 0 Å². The Balaban J connectivity index is 1.78. The molecule has 0 saturated carbocycles. The molecule has 0 atom stereocenters. The second kappa shape index (κ2) is 8.84. The van der Waals surface area contributed by atoms with Crippen LogP contribution in [0.15, 0.2) is 71.6 Å². The third kappa shape index (κ3) is 4.81. The predicted octanol–water partition coefficient (Wildman–Crippen LogP) is 3.96. The smallest absolute Gasteiger partial charge is 0.273 e. The van der Waals surface area contributed by atoms with Crippen LogP contribution in [0.2, 0.25) is 0 Å². The van der Waals surface area contributed by atoms with E-state index in [0.29, 0.717) is 17.1 Å². The molecule has 160 valence electrons. The molecule has 0 saturated heterocycles. The number of para-hydroxylation sites is 2. The molecule has 0 unspecified atom stereocenters. The number of sulfonamides is 1. The molecule has 0 bridgehead atoms. The Morgan fingerprint density at radius 3 is 2.32 bits per heavy atom. The molecule has 3 aromatic rings. The number of carbonyl (C=O) groups excluding carboxylic acids is 1. The second-order valence-corrected chi connectivity index (χ2v) is 8.17. The molecule has 0 radical (unpaired) electrons. The van der Waals surface area contributed by atoms with Crippen molar-refractivity contribution < 1.29 is 22.9 Å². The number of benzene rings is 3. The topological polar surface area (TPSA) is 128 Å². The van der Waals surface area contributed by atoms with Gasteiger partial charge in [-0.05, 0) is 49.4 Å². The molecule has 0 spiro atoms. The summed E-state index contributed by atoms with van der Waals surface area (Å²) in [5.74, 6) is -0.161. The van der Waals surface area contributed by atoms with Crippen molar-refractivity contribution in [2.24, 2.45) is 0 Å². The number of nitro benzene ring substituents is 1. The normalized spacial score (nSPS) is 10.9. The van der Waals surface area contributed by atoms with Crippen LogP contribution in [0.5, 0.6) is 5.75 Å². The second-order valence-electron chi connectivity index (χ2n) is 6.49. The molecule has 3 rings (SSSR count). The summed E-state index contributed by atoms with van der Waals surface area (Å²) in [5.41, 5.74) is 0.876. The van der Waals surface area contributed by atoms with E-state index in [9.17, 15) is 23.3 Å². The Labute approximate surface area is 178 Å². The number of nitro groups is 1.